The molecule has 0 bridgehead atoms. The second-order valence-corrected chi connectivity index (χ2v) is 7.16. The first-order chi connectivity index (χ1) is 10.4. The summed E-state index contributed by atoms with van der Waals surface area (Å²) in [6.07, 6.45) is 1.49. The van der Waals surface area contributed by atoms with E-state index in [1.165, 1.54) is 0 Å². The van der Waals surface area contributed by atoms with Crippen LogP contribution >= 0.6 is 0 Å². The molecule has 0 saturated carbocycles. The van der Waals surface area contributed by atoms with Crippen molar-refractivity contribution in [3.8, 4) is 0 Å². The number of likely N-dealkylation sites (tertiary alicyclic amines) is 1. The highest BCUT2D eigenvalue weighted by molar-refractivity contribution is 5.96. The molecule has 2 saturated heterocycles. The fourth-order valence-corrected chi connectivity index (χ4v) is 3.69. The zero-order valence-corrected chi connectivity index (χ0v) is 13.6. The highest BCUT2D eigenvalue weighted by Gasteiger charge is 2.48. The molecule has 3 rings (SSSR count). The van der Waals surface area contributed by atoms with E-state index < -0.39 is 0 Å². The molecule has 4 nitrogen and oxygen atoms in total. The fraction of sp³-hybridized carbons (Fsp3) is 0.556. The number of anilines is 1. The lowest BCUT2D eigenvalue weighted by molar-refractivity contribution is -0.133. The Morgan fingerprint density at radius 1 is 1.27 bits per heavy atom. The quantitative estimate of drug-likeness (QED) is 0.842. The second-order valence-electron chi connectivity index (χ2n) is 7.16. The molecule has 118 valence electrons. The van der Waals surface area contributed by atoms with Crippen LogP contribution in [0.2, 0.25) is 0 Å². The van der Waals surface area contributed by atoms with Crippen LogP contribution < -0.4 is 4.90 Å². The first-order valence-electron chi connectivity index (χ1n) is 8.06. The average Bonchev–Trinajstić information content (AvgIpc) is 3.02. The molecule has 4 heteroatoms. The maximum Gasteiger partial charge on any atom is 0.227 e. The van der Waals surface area contributed by atoms with Crippen molar-refractivity contribution in [2.75, 3.05) is 24.5 Å². The predicted octanol–water partition coefficient (Wildman–Crippen LogP) is 2.61. The number of carbonyl (C=O) groups is 2. The molecule has 1 aromatic rings. The summed E-state index contributed by atoms with van der Waals surface area (Å²) in [5.41, 5.74) is 2.09. The van der Waals surface area contributed by atoms with Crippen molar-refractivity contribution in [2.45, 2.75) is 33.6 Å². The molecule has 0 unspecified atom stereocenters. The Morgan fingerprint density at radius 2 is 2.05 bits per heavy atom. The first kappa shape index (κ1) is 15.1. The van der Waals surface area contributed by atoms with Crippen molar-refractivity contribution in [2.24, 2.45) is 11.3 Å². The van der Waals surface area contributed by atoms with Gasteiger partial charge in [-0.25, -0.2) is 0 Å². The highest BCUT2D eigenvalue weighted by atomic mass is 16.2. The monoisotopic (exact) mass is 300 g/mol. The van der Waals surface area contributed by atoms with Gasteiger partial charge in [-0.2, -0.15) is 0 Å². The Kier molecular flexibility index (Phi) is 3.71. The third-order valence-electron chi connectivity index (χ3n) is 4.88. The Hall–Kier alpha value is -1.84. The first-order valence-corrected chi connectivity index (χ1v) is 8.06. The van der Waals surface area contributed by atoms with E-state index in [-0.39, 0.29) is 23.1 Å². The van der Waals surface area contributed by atoms with E-state index in [1.54, 1.807) is 0 Å². The van der Waals surface area contributed by atoms with Gasteiger partial charge < -0.3 is 9.80 Å². The lowest BCUT2D eigenvalue weighted by atomic mass is 9.86. The van der Waals surface area contributed by atoms with Crippen LogP contribution in [0.4, 0.5) is 5.69 Å². The van der Waals surface area contributed by atoms with Gasteiger partial charge in [0.1, 0.15) is 0 Å². The summed E-state index contributed by atoms with van der Waals surface area (Å²) in [6, 6.07) is 8.09. The van der Waals surface area contributed by atoms with E-state index in [0.717, 1.165) is 37.3 Å². The normalized spacial score (nSPS) is 24.8. The van der Waals surface area contributed by atoms with E-state index in [1.807, 2.05) is 48.8 Å². The number of carbonyl (C=O) groups excluding carboxylic acids is 2. The number of benzene rings is 1. The topological polar surface area (TPSA) is 40.6 Å². The summed E-state index contributed by atoms with van der Waals surface area (Å²) in [5, 5.41) is 0. The van der Waals surface area contributed by atoms with Crippen LogP contribution in [-0.2, 0) is 9.59 Å². The lowest BCUT2D eigenvalue weighted by Gasteiger charge is -2.25. The fourth-order valence-electron chi connectivity index (χ4n) is 3.69. The Balaban J connectivity index is 1.76. The van der Waals surface area contributed by atoms with E-state index in [0.29, 0.717) is 6.42 Å². The van der Waals surface area contributed by atoms with Crippen molar-refractivity contribution < 1.29 is 9.59 Å². The minimum absolute atomic E-state index is 0.0279. The minimum atomic E-state index is -0.0502. The molecule has 0 N–H and O–H groups in total. The van der Waals surface area contributed by atoms with Gasteiger partial charge in [0.15, 0.2) is 0 Å². The second kappa shape index (κ2) is 5.41. The van der Waals surface area contributed by atoms with Gasteiger partial charge in [-0.05, 0) is 31.0 Å². The zero-order chi connectivity index (χ0) is 15.9. The molecule has 2 aliphatic heterocycles. The van der Waals surface area contributed by atoms with Gasteiger partial charge in [0.2, 0.25) is 11.8 Å². The average molecular weight is 300 g/mol. The summed E-state index contributed by atoms with van der Waals surface area (Å²) in [7, 11) is 0. The molecule has 2 amide bonds. The van der Waals surface area contributed by atoms with Crippen molar-refractivity contribution in [3.05, 3.63) is 29.8 Å². The third kappa shape index (κ3) is 2.62. The SMILES string of the molecule is Cc1cccc(N2C[C@]3(CCN(C(=O)C(C)C)C3)CC2=O)c1. The molecular weight excluding hydrogens is 276 g/mol. The van der Waals surface area contributed by atoms with Crippen molar-refractivity contribution >= 4 is 17.5 Å². The summed E-state index contributed by atoms with van der Waals surface area (Å²) in [4.78, 5) is 28.5. The van der Waals surface area contributed by atoms with E-state index >= 15 is 0 Å². The van der Waals surface area contributed by atoms with Crippen LogP contribution in [0.1, 0.15) is 32.3 Å². The number of hydrogen-bond acceptors (Lipinski definition) is 2. The van der Waals surface area contributed by atoms with Crippen molar-refractivity contribution in [1.82, 2.24) is 4.90 Å². The minimum Gasteiger partial charge on any atom is -0.342 e. The van der Waals surface area contributed by atoms with Crippen LogP contribution in [-0.4, -0.2) is 36.3 Å². The largest absolute Gasteiger partial charge is 0.342 e. The van der Waals surface area contributed by atoms with E-state index in [9.17, 15) is 9.59 Å². The molecule has 0 aliphatic carbocycles. The maximum atomic E-state index is 12.5. The van der Waals surface area contributed by atoms with Gasteiger partial charge in [0, 0.05) is 43.1 Å². The molecule has 2 heterocycles. The van der Waals surface area contributed by atoms with Gasteiger partial charge in [-0.15, -0.1) is 0 Å². The van der Waals surface area contributed by atoms with Gasteiger partial charge in [-0.3, -0.25) is 9.59 Å². The summed E-state index contributed by atoms with van der Waals surface area (Å²) < 4.78 is 0. The zero-order valence-electron chi connectivity index (χ0n) is 13.6. The molecule has 22 heavy (non-hydrogen) atoms. The van der Waals surface area contributed by atoms with Crippen molar-refractivity contribution in [1.29, 1.82) is 0 Å². The summed E-state index contributed by atoms with van der Waals surface area (Å²) in [6.45, 7) is 8.15. The molecule has 2 fully saturated rings. The number of aryl methyl sites for hydroxylation is 1. The molecule has 1 atom stereocenters. The predicted molar refractivity (Wildman–Crippen MR) is 86.6 cm³/mol. The molecule has 1 aromatic carbocycles. The standard InChI is InChI=1S/C18H24N2O2/c1-13(2)17(22)19-8-7-18(11-19)10-16(21)20(12-18)15-6-4-5-14(3)9-15/h4-6,9,13H,7-8,10-12H2,1-3H3/t18-/m1/s1. The molecule has 1 spiro atoms. The molecule has 0 aromatic heterocycles. The van der Waals surface area contributed by atoms with Crippen LogP contribution in [0.15, 0.2) is 24.3 Å². The highest BCUT2D eigenvalue weighted by Crippen LogP contribution is 2.42. The van der Waals surface area contributed by atoms with Crippen molar-refractivity contribution in [3.63, 3.8) is 0 Å². The number of rotatable bonds is 2. The van der Waals surface area contributed by atoms with Crippen LogP contribution in [0.25, 0.3) is 0 Å². The Labute approximate surface area is 132 Å². The van der Waals surface area contributed by atoms with Crippen LogP contribution in [0, 0.1) is 18.3 Å². The van der Waals surface area contributed by atoms with E-state index in [4.69, 9.17) is 0 Å². The maximum absolute atomic E-state index is 12.5. The number of hydrogen-bond donors (Lipinski definition) is 0. The Bertz CT molecular complexity index is 611. The summed E-state index contributed by atoms with van der Waals surface area (Å²) >= 11 is 0. The van der Waals surface area contributed by atoms with Crippen LogP contribution in [0.5, 0.6) is 0 Å². The molecule has 2 aliphatic rings. The van der Waals surface area contributed by atoms with Gasteiger partial charge in [0.25, 0.3) is 0 Å². The molecular formula is C18H24N2O2. The number of amides is 2. The summed E-state index contributed by atoms with van der Waals surface area (Å²) in [5.74, 6) is 0.419. The third-order valence-corrected chi connectivity index (χ3v) is 4.88. The lowest BCUT2D eigenvalue weighted by Crippen LogP contribution is -2.36. The van der Waals surface area contributed by atoms with Crippen LogP contribution in [0.3, 0.4) is 0 Å². The van der Waals surface area contributed by atoms with Gasteiger partial charge >= 0.3 is 0 Å². The molecule has 0 radical (unpaired) electrons. The smallest absolute Gasteiger partial charge is 0.227 e. The Morgan fingerprint density at radius 3 is 2.73 bits per heavy atom. The van der Waals surface area contributed by atoms with Gasteiger partial charge in [-0.1, -0.05) is 26.0 Å². The van der Waals surface area contributed by atoms with Gasteiger partial charge in [0.05, 0.1) is 0 Å². The van der Waals surface area contributed by atoms with E-state index in [2.05, 4.69) is 6.07 Å². The number of nitrogens with zero attached hydrogens (tertiary/aromatic N) is 2.